The molecule has 5 heteroatoms. The van der Waals surface area contributed by atoms with Crippen LogP contribution in [0.15, 0.2) is 12.1 Å². The fraction of sp³-hybridized carbons (Fsp3) is 0.650. The van der Waals surface area contributed by atoms with Crippen LogP contribution in [0.3, 0.4) is 0 Å². The van der Waals surface area contributed by atoms with Crippen LogP contribution in [-0.4, -0.2) is 31.8 Å². The molecule has 0 spiro atoms. The van der Waals surface area contributed by atoms with Gasteiger partial charge in [-0.2, -0.15) is 0 Å². The van der Waals surface area contributed by atoms with Gasteiger partial charge in [0, 0.05) is 11.6 Å². The van der Waals surface area contributed by atoms with E-state index in [4.69, 9.17) is 14.2 Å². The van der Waals surface area contributed by atoms with Crippen molar-refractivity contribution in [3.8, 4) is 17.2 Å². The van der Waals surface area contributed by atoms with Crippen molar-refractivity contribution >= 4 is 5.91 Å². The quantitative estimate of drug-likeness (QED) is 0.710. The van der Waals surface area contributed by atoms with Gasteiger partial charge in [-0.1, -0.05) is 25.7 Å². The van der Waals surface area contributed by atoms with Crippen LogP contribution in [0.5, 0.6) is 17.2 Å². The fourth-order valence-electron chi connectivity index (χ4n) is 3.21. The molecule has 1 saturated carbocycles. The van der Waals surface area contributed by atoms with Crippen LogP contribution in [0.25, 0.3) is 0 Å². The van der Waals surface area contributed by atoms with Crippen molar-refractivity contribution < 1.29 is 19.0 Å². The summed E-state index contributed by atoms with van der Waals surface area (Å²) >= 11 is 0. The van der Waals surface area contributed by atoms with E-state index in [9.17, 15) is 4.79 Å². The molecule has 0 unspecified atom stereocenters. The van der Waals surface area contributed by atoms with E-state index in [0.29, 0.717) is 42.6 Å². The van der Waals surface area contributed by atoms with Crippen LogP contribution in [0.4, 0.5) is 0 Å². The molecule has 2 rings (SSSR count). The number of hydrogen-bond acceptors (Lipinski definition) is 4. The lowest BCUT2D eigenvalue weighted by Gasteiger charge is -2.19. The Morgan fingerprint density at radius 2 is 1.44 bits per heavy atom. The zero-order valence-electron chi connectivity index (χ0n) is 15.7. The summed E-state index contributed by atoms with van der Waals surface area (Å²) in [6, 6.07) is 3.76. The SMILES string of the molecule is CCOc1cc(C(=O)NC2CCCCCC2)cc(OCC)c1OCC. The van der Waals surface area contributed by atoms with Crippen LogP contribution in [0, 0.1) is 0 Å². The number of amides is 1. The maximum atomic E-state index is 12.7. The van der Waals surface area contributed by atoms with Crippen LogP contribution < -0.4 is 19.5 Å². The lowest BCUT2D eigenvalue weighted by molar-refractivity contribution is 0.0932. The molecule has 0 heterocycles. The number of nitrogens with one attached hydrogen (secondary N) is 1. The van der Waals surface area contributed by atoms with Gasteiger partial charge in [-0.25, -0.2) is 0 Å². The van der Waals surface area contributed by atoms with Gasteiger partial charge in [0.25, 0.3) is 5.91 Å². The summed E-state index contributed by atoms with van der Waals surface area (Å²) in [5.41, 5.74) is 0.555. The van der Waals surface area contributed by atoms with Gasteiger partial charge in [0.15, 0.2) is 11.5 Å². The normalized spacial score (nSPS) is 15.3. The van der Waals surface area contributed by atoms with Crippen molar-refractivity contribution in [3.63, 3.8) is 0 Å². The highest BCUT2D eigenvalue weighted by Crippen LogP contribution is 2.39. The number of carbonyl (C=O) groups is 1. The van der Waals surface area contributed by atoms with E-state index >= 15 is 0 Å². The van der Waals surface area contributed by atoms with Crippen LogP contribution in [-0.2, 0) is 0 Å². The monoisotopic (exact) mass is 349 g/mol. The molecule has 140 valence electrons. The Kier molecular flexibility index (Phi) is 7.89. The smallest absolute Gasteiger partial charge is 0.251 e. The fourth-order valence-corrected chi connectivity index (χ4v) is 3.21. The minimum atomic E-state index is -0.0724. The lowest BCUT2D eigenvalue weighted by Crippen LogP contribution is -2.34. The first-order valence-corrected chi connectivity index (χ1v) is 9.56. The molecular formula is C20H31NO4. The molecule has 1 amide bonds. The molecule has 5 nitrogen and oxygen atoms in total. The second kappa shape index (κ2) is 10.2. The maximum absolute atomic E-state index is 12.7. The Bertz CT molecular complexity index is 524. The van der Waals surface area contributed by atoms with Gasteiger partial charge in [0.2, 0.25) is 5.75 Å². The molecule has 0 aliphatic heterocycles. The topological polar surface area (TPSA) is 56.8 Å². The predicted molar refractivity (Wildman–Crippen MR) is 98.9 cm³/mol. The molecule has 1 aromatic carbocycles. The zero-order valence-corrected chi connectivity index (χ0v) is 15.7. The first-order valence-electron chi connectivity index (χ1n) is 9.56. The lowest BCUT2D eigenvalue weighted by atomic mass is 10.1. The summed E-state index contributed by atoms with van der Waals surface area (Å²) < 4.78 is 17.1. The summed E-state index contributed by atoms with van der Waals surface area (Å²) in [7, 11) is 0. The molecule has 25 heavy (non-hydrogen) atoms. The number of ether oxygens (including phenoxy) is 3. The molecular weight excluding hydrogens is 318 g/mol. The Morgan fingerprint density at radius 1 is 0.920 bits per heavy atom. The molecule has 0 radical (unpaired) electrons. The third-order valence-corrected chi connectivity index (χ3v) is 4.36. The van der Waals surface area contributed by atoms with Crippen molar-refractivity contribution in [1.82, 2.24) is 5.32 Å². The van der Waals surface area contributed by atoms with Crippen LogP contribution in [0.2, 0.25) is 0 Å². The first kappa shape index (κ1) is 19.4. The van der Waals surface area contributed by atoms with Crippen molar-refractivity contribution in [2.75, 3.05) is 19.8 Å². The standard InChI is InChI=1S/C20H31NO4/c1-4-23-17-13-15(14-18(24-5-2)19(17)25-6-3)20(22)21-16-11-9-7-8-10-12-16/h13-14,16H,4-12H2,1-3H3,(H,21,22). The molecule has 0 bridgehead atoms. The second-order valence-electron chi connectivity index (χ2n) is 6.26. The highest BCUT2D eigenvalue weighted by molar-refractivity contribution is 5.95. The van der Waals surface area contributed by atoms with Crippen molar-refractivity contribution in [3.05, 3.63) is 17.7 Å². The Hall–Kier alpha value is -1.91. The minimum Gasteiger partial charge on any atom is -0.490 e. The largest absolute Gasteiger partial charge is 0.490 e. The summed E-state index contributed by atoms with van der Waals surface area (Å²) in [5.74, 6) is 1.61. The van der Waals surface area contributed by atoms with Gasteiger partial charge in [0.1, 0.15) is 0 Å². The van der Waals surface area contributed by atoms with E-state index in [1.807, 2.05) is 20.8 Å². The van der Waals surface area contributed by atoms with Crippen LogP contribution >= 0.6 is 0 Å². The molecule has 1 fully saturated rings. The summed E-state index contributed by atoms with van der Waals surface area (Å²) in [6.45, 7) is 7.24. The average Bonchev–Trinajstić information content (AvgIpc) is 2.86. The van der Waals surface area contributed by atoms with Gasteiger partial charge in [-0.05, 0) is 45.7 Å². The highest BCUT2D eigenvalue weighted by atomic mass is 16.5. The van der Waals surface area contributed by atoms with E-state index in [1.54, 1.807) is 12.1 Å². The third-order valence-electron chi connectivity index (χ3n) is 4.36. The van der Waals surface area contributed by atoms with Gasteiger partial charge >= 0.3 is 0 Å². The summed E-state index contributed by atoms with van der Waals surface area (Å²) in [5, 5.41) is 3.17. The Balaban J connectivity index is 2.24. The number of carbonyl (C=O) groups excluding carboxylic acids is 1. The summed E-state index contributed by atoms with van der Waals surface area (Å²) in [6.07, 6.45) is 7.00. The minimum absolute atomic E-state index is 0.0724. The van der Waals surface area contributed by atoms with E-state index in [0.717, 1.165) is 12.8 Å². The first-order chi connectivity index (χ1) is 12.2. The number of hydrogen-bond donors (Lipinski definition) is 1. The number of rotatable bonds is 8. The van der Waals surface area contributed by atoms with Gasteiger partial charge in [0.05, 0.1) is 19.8 Å². The molecule has 1 aliphatic rings. The van der Waals surface area contributed by atoms with E-state index in [-0.39, 0.29) is 11.9 Å². The molecule has 0 atom stereocenters. The van der Waals surface area contributed by atoms with Crippen molar-refractivity contribution in [1.29, 1.82) is 0 Å². The van der Waals surface area contributed by atoms with Crippen molar-refractivity contribution in [2.45, 2.75) is 65.3 Å². The summed E-state index contributed by atoms with van der Waals surface area (Å²) in [4.78, 5) is 12.7. The Morgan fingerprint density at radius 3 is 1.92 bits per heavy atom. The highest BCUT2D eigenvalue weighted by Gasteiger charge is 2.20. The van der Waals surface area contributed by atoms with Gasteiger partial charge in [-0.3, -0.25) is 4.79 Å². The van der Waals surface area contributed by atoms with E-state index in [1.165, 1.54) is 25.7 Å². The zero-order chi connectivity index (χ0) is 18.1. The average molecular weight is 349 g/mol. The maximum Gasteiger partial charge on any atom is 0.251 e. The van der Waals surface area contributed by atoms with Gasteiger partial charge < -0.3 is 19.5 Å². The van der Waals surface area contributed by atoms with Crippen molar-refractivity contribution in [2.24, 2.45) is 0 Å². The predicted octanol–water partition coefficient (Wildman–Crippen LogP) is 4.34. The second-order valence-corrected chi connectivity index (χ2v) is 6.26. The number of benzene rings is 1. The Labute approximate surface area is 151 Å². The molecule has 1 aliphatic carbocycles. The van der Waals surface area contributed by atoms with E-state index in [2.05, 4.69) is 5.32 Å². The molecule has 0 aromatic heterocycles. The van der Waals surface area contributed by atoms with E-state index < -0.39 is 0 Å². The molecule has 1 aromatic rings. The van der Waals surface area contributed by atoms with Crippen LogP contribution in [0.1, 0.15) is 69.7 Å². The molecule has 1 N–H and O–H groups in total. The van der Waals surface area contributed by atoms with Gasteiger partial charge in [-0.15, -0.1) is 0 Å². The third kappa shape index (κ3) is 5.55. The molecule has 0 saturated heterocycles.